The number of nitrogens with zero attached hydrogens (tertiary/aromatic N) is 3. The first-order valence-electron chi connectivity index (χ1n) is 11.2. The van der Waals surface area contributed by atoms with E-state index in [1.807, 2.05) is 26.0 Å². The summed E-state index contributed by atoms with van der Waals surface area (Å²) in [5, 5.41) is 7.28. The third kappa shape index (κ3) is 4.42. The molecule has 0 aliphatic carbocycles. The van der Waals surface area contributed by atoms with Crippen LogP contribution >= 0.6 is 0 Å². The largest absolute Gasteiger partial charge is 0.483 e. The van der Waals surface area contributed by atoms with Gasteiger partial charge in [0.15, 0.2) is 23.9 Å². The molecule has 2 N–H and O–H groups in total. The molecule has 0 bridgehead atoms. The lowest BCUT2D eigenvalue weighted by Crippen LogP contribution is -2.25. The Labute approximate surface area is 200 Å². The summed E-state index contributed by atoms with van der Waals surface area (Å²) in [5.41, 5.74) is 1.95. The number of aryl methyl sites for hydroxylation is 1. The second-order valence-corrected chi connectivity index (χ2v) is 9.02. The van der Waals surface area contributed by atoms with Crippen LogP contribution in [-0.4, -0.2) is 37.9 Å². The molecule has 10 nitrogen and oxygen atoms in total. The quantitative estimate of drug-likeness (QED) is 0.437. The second-order valence-electron chi connectivity index (χ2n) is 9.02. The minimum absolute atomic E-state index is 0.170. The van der Waals surface area contributed by atoms with Gasteiger partial charge in [0.25, 0.3) is 11.5 Å². The molecular formula is C25H25N5O5. The minimum atomic E-state index is -0.418. The molecule has 4 heterocycles. The van der Waals surface area contributed by atoms with E-state index in [1.165, 1.54) is 10.9 Å². The molecule has 1 aliphatic rings. The lowest BCUT2D eigenvalue weighted by Gasteiger charge is -2.18. The van der Waals surface area contributed by atoms with E-state index in [0.29, 0.717) is 40.0 Å². The Bertz CT molecular complexity index is 1470. The highest BCUT2D eigenvalue weighted by Gasteiger charge is 2.32. The number of nitrogens with one attached hydrogen (secondary N) is 2. The predicted octanol–water partition coefficient (Wildman–Crippen LogP) is 3.56. The van der Waals surface area contributed by atoms with Gasteiger partial charge in [-0.3, -0.25) is 14.6 Å². The molecule has 4 aromatic rings. The van der Waals surface area contributed by atoms with Crippen LogP contribution in [0, 0.1) is 13.8 Å². The molecule has 1 aromatic carbocycles. The fourth-order valence-electron chi connectivity index (χ4n) is 3.93. The van der Waals surface area contributed by atoms with Crippen molar-refractivity contribution in [3.05, 3.63) is 69.8 Å². The molecule has 180 valence electrons. The zero-order valence-corrected chi connectivity index (χ0v) is 19.8. The number of ether oxygens (including phenoxy) is 2. The van der Waals surface area contributed by atoms with Crippen LogP contribution in [-0.2, 0) is 11.2 Å². The van der Waals surface area contributed by atoms with E-state index in [4.69, 9.17) is 13.9 Å². The van der Waals surface area contributed by atoms with Gasteiger partial charge in [0, 0.05) is 29.3 Å². The zero-order chi connectivity index (χ0) is 24.7. The maximum Gasteiger partial charge on any atom is 0.263 e. The van der Waals surface area contributed by atoms with Crippen molar-refractivity contribution in [3.8, 4) is 28.9 Å². The molecule has 3 aromatic heterocycles. The van der Waals surface area contributed by atoms with Crippen molar-refractivity contribution in [1.29, 1.82) is 0 Å². The van der Waals surface area contributed by atoms with E-state index in [9.17, 15) is 9.59 Å². The average Bonchev–Trinajstić information content (AvgIpc) is 3.53. The number of rotatable bonds is 6. The Hall–Kier alpha value is -4.34. The highest BCUT2D eigenvalue weighted by Crippen LogP contribution is 2.41. The smallest absolute Gasteiger partial charge is 0.263 e. The molecule has 0 saturated heterocycles. The third-order valence-corrected chi connectivity index (χ3v) is 5.75. The van der Waals surface area contributed by atoms with E-state index in [-0.39, 0.29) is 23.7 Å². The standard InChI is InChI=1S/C25H25N5O5/c1-14-15(2)26-24(28-23(14)32)30-20(11-17(29-30)18-9-6-10-33-18)27-21(31)13-34-19-8-5-7-16-12-25(3,4)35-22(16)19/h5-11H,12-13H2,1-4H3,(H,27,31)(H,26,28,32). The number of para-hydroxylation sites is 1. The van der Waals surface area contributed by atoms with Gasteiger partial charge in [-0.25, -0.2) is 4.98 Å². The Morgan fingerprint density at radius 1 is 1.26 bits per heavy atom. The molecule has 5 rings (SSSR count). The van der Waals surface area contributed by atoms with Gasteiger partial charge in [-0.2, -0.15) is 9.78 Å². The van der Waals surface area contributed by atoms with Crippen LogP contribution in [0.15, 0.2) is 51.9 Å². The minimum Gasteiger partial charge on any atom is -0.483 e. The molecule has 0 unspecified atom stereocenters. The molecule has 1 aliphatic heterocycles. The Morgan fingerprint density at radius 2 is 2.09 bits per heavy atom. The van der Waals surface area contributed by atoms with Crippen molar-refractivity contribution in [2.24, 2.45) is 0 Å². The molecule has 0 fully saturated rings. The SMILES string of the molecule is Cc1nc(-n2nc(-c3ccco3)cc2NC(=O)COc2cccc3c2OC(C)(C)C3)[nH]c(=O)c1C. The summed E-state index contributed by atoms with van der Waals surface area (Å²) in [4.78, 5) is 32.3. The molecular weight excluding hydrogens is 450 g/mol. The number of hydrogen-bond donors (Lipinski definition) is 2. The fourth-order valence-corrected chi connectivity index (χ4v) is 3.93. The molecule has 0 spiro atoms. The van der Waals surface area contributed by atoms with Crippen molar-refractivity contribution in [1.82, 2.24) is 19.7 Å². The summed E-state index contributed by atoms with van der Waals surface area (Å²) in [6.45, 7) is 7.18. The van der Waals surface area contributed by atoms with E-state index in [0.717, 1.165) is 12.0 Å². The summed E-state index contributed by atoms with van der Waals surface area (Å²) >= 11 is 0. The average molecular weight is 476 g/mol. The Balaban J connectivity index is 1.40. The molecule has 0 saturated carbocycles. The zero-order valence-electron chi connectivity index (χ0n) is 19.8. The van der Waals surface area contributed by atoms with Crippen LogP contribution in [0.25, 0.3) is 17.4 Å². The van der Waals surface area contributed by atoms with Crippen LogP contribution in [0.4, 0.5) is 5.82 Å². The van der Waals surface area contributed by atoms with Gasteiger partial charge in [0.05, 0.1) is 6.26 Å². The maximum absolute atomic E-state index is 12.8. The number of fused-ring (bicyclic) bond motifs is 1. The number of anilines is 1. The van der Waals surface area contributed by atoms with Gasteiger partial charge < -0.3 is 19.2 Å². The summed E-state index contributed by atoms with van der Waals surface area (Å²) in [5.74, 6) is 1.72. The topological polar surface area (TPSA) is 124 Å². The summed E-state index contributed by atoms with van der Waals surface area (Å²) < 4.78 is 18.6. The van der Waals surface area contributed by atoms with Gasteiger partial charge in [-0.05, 0) is 45.9 Å². The summed E-state index contributed by atoms with van der Waals surface area (Å²) in [6.07, 6.45) is 2.29. The third-order valence-electron chi connectivity index (χ3n) is 5.75. The van der Waals surface area contributed by atoms with Crippen LogP contribution in [0.3, 0.4) is 0 Å². The first kappa shape index (κ1) is 22.5. The second kappa shape index (κ2) is 8.46. The van der Waals surface area contributed by atoms with Crippen LogP contribution in [0.1, 0.15) is 30.7 Å². The molecule has 0 radical (unpaired) electrons. The molecule has 1 amide bonds. The van der Waals surface area contributed by atoms with Gasteiger partial charge in [0.2, 0.25) is 5.95 Å². The number of aromatic amines is 1. The summed E-state index contributed by atoms with van der Waals surface area (Å²) in [7, 11) is 0. The predicted molar refractivity (Wildman–Crippen MR) is 128 cm³/mol. The fraction of sp³-hybridized carbons (Fsp3) is 0.280. The van der Waals surface area contributed by atoms with Crippen molar-refractivity contribution in [3.63, 3.8) is 0 Å². The van der Waals surface area contributed by atoms with Crippen molar-refractivity contribution in [2.45, 2.75) is 39.7 Å². The highest BCUT2D eigenvalue weighted by atomic mass is 16.5. The lowest BCUT2D eigenvalue weighted by molar-refractivity contribution is -0.118. The van der Waals surface area contributed by atoms with Crippen molar-refractivity contribution in [2.75, 3.05) is 11.9 Å². The molecule has 35 heavy (non-hydrogen) atoms. The number of hydrogen-bond acceptors (Lipinski definition) is 7. The maximum atomic E-state index is 12.8. The first-order chi connectivity index (χ1) is 16.7. The lowest BCUT2D eigenvalue weighted by atomic mass is 10.0. The van der Waals surface area contributed by atoms with Crippen molar-refractivity contribution < 1.29 is 18.7 Å². The van der Waals surface area contributed by atoms with Crippen molar-refractivity contribution >= 4 is 11.7 Å². The van der Waals surface area contributed by atoms with Gasteiger partial charge in [0.1, 0.15) is 17.1 Å². The number of amides is 1. The van der Waals surface area contributed by atoms with E-state index < -0.39 is 5.91 Å². The van der Waals surface area contributed by atoms with Gasteiger partial charge >= 0.3 is 0 Å². The van der Waals surface area contributed by atoms with Gasteiger partial charge in [-0.1, -0.05) is 12.1 Å². The number of aromatic nitrogens is 4. The molecule has 10 heteroatoms. The normalized spacial score (nSPS) is 13.8. The summed E-state index contributed by atoms with van der Waals surface area (Å²) in [6, 6.07) is 10.8. The monoisotopic (exact) mass is 475 g/mol. The number of H-pyrrole nitrogens is 1. The van der Waals surface area contributed by atoms with E-state index >= 15 is 0 Å². The number of furan rings is 1. The first-order valence-corrected chi connectivity index (χ1v) is 11.2. The van der Waals surface area contributed by atoms with Crippen LogP contribution in [0.2, 0.25) is 0 Å². The van der Waals surface area contributed by atoms with Crippen LogP contribution < -0.4 is 20.3 Å². The molecule has 0 atom stereocenters. The van der Waals surface area contributed by atoms with E-state index in [2.05, 4.69) is 20.4 Å². The highest BCUT2D eigenvalue weighted by molar-refractivity contribution is 5.91. The van der Waals surface area contributed by atoms with Gasteiger partial charge in [-0.15, -0.1) is 0 Å². The van der Waals surface area contributed by atoms with Crippen LogP contribution in [0.5, 0.6) is 11.5 Å². The number of benzene rings is 1. The van der Waals surface area contributed by atoms with E-state index in [1.54, 1.807) is 38.1 Å². The number of carbonyl (C=O) groups excluding carboxylic acids is 1. The Morgan fingerprint density at radius 3 is 2.83 bits per heavy atom. The number of carbonyl (C=O) groups is 1. The Kier molecular flexibility index (Phi) is 5.43.